The average Bonchev–Trinajstić information content (AvgIpc) is 3.33. The molecule has 3 amide bonds. The van der Waals surface area contributed by atoms with Crippen molar-refractivity contribution in [2.75, 3.05) is 25.7 Å². The molecule has 0 aliphatic carbocycles. The number of methoxy groups -OCH3 is 2. The van der Waals surface area contributed by atoms with Crippen LogP contribution in [0.15, 0.2) is 84.9 Å². The number of hydrogen-bond donors (Lipinski definition) is 2. The van der Waals surface area contributed by atoms with E-state index in [0.29, 0.717) is 17.1 Å². The number of esters is 1. The molecule has 1 aliphatic rings. The molecule has 4 aromatic carbocycles. The lowest BCUT2D eigenvalue weighted by molar-refractivity contribution is -0.121. The van der Waals surface area contributed by atoms with E-state index >= 15 is 0 Å². The SMILES string of the molecule is COc1ccc(C(=O)COC(=O)c2ccc(N3C(=O)CC(NNC(=O)c4ccc5ccccc5c4)C3=O)cc2)cc1OC. The minimum Gasteiger partial charge on any atom is -0.493 e. The van der Waals surface area contributed by atoms with Crippen LogP contribution in [0.3, 0.4) is 0 Å². The van der Waals surface area contributed by atoms with Gasteiger partial charge in [-0.05, 0) is 65.4 Å². The van der Waals surface area contributed by atoms with Crippen LogP contribution in [0.2, 0.25) is 0 Å². The molecule has 1 saturated heterocycles. The third-order valence-electron chi connectivity index (χ3n) is 6.92. The number of ether oxygens (including phenoxy) is 3. The van der Waals surface area contributed by atoms with Crippen LogP contribution in [0.5, 0.6) is 11.5 Å². The van der Waals surface area contributed by atoms with Gasteiger partial charge in [-0.25, -0.2) is 15.1 Å². The molecule has 1 atom stereocenters. The number of nitrogens with zero attached hydrogens (tertiary/aromatic N) is 1. The first-order chi connectivity index (χ1) is 20.8. The monoisotopic (exact) mass is 581 g/mol. The van der Waals surface area contributed by atoms with Gasteiger partial charge in [-0.15, -0.1) is 0 Å². The first kappa shape index (κ1) is 29.0. The molecule has 0 aromatic heterocycles. The van der Waals surface area contributed by atoms with Gasteiger partial charge in [-0.3, -0.25) is 24.6 Å². The van der Waals surface area contributed by atoms with E-state index in [4.69, 9.17) is 14.2 Å². The highest BCUT2D eigenvalue weighted by Gasteiger charge is 2.39. The van der Waals surface area contributed by atoms with Crippen LogP contribution >= 0.6 is 0 Å². The van der Waals surface area contributed by atoms with Gasteiger partial charge in [0.2, 0.25) is 5.91 Å². The van der Waals surface area contributed by atoms with Gasteiger partial charge in [0.15, 0.2) is 23.9 Å². The van der Waals surface area contributed by atoms with Gasteiger partial charge >= 0.3 is 5.97 Å². The highest BCUT2D eigenvalue weighted by atomic mass is 16.5. The van der Waals surface area contributed by atoms with Crippen molar-refractivity contribution in [3.05, 3.63) is 102 Å². The molecule has 0 saturated carbocycles. The fraction of sp³-hybridized carbons (Fsp3) is 0.156. The summed E-state index contributed by atoms with van der Waals surface area (Å²) in [6.45, 7) is -0.503. The summed E-state index contributed by atoms with van der Waals surface area (Å²) in [6.07, 6.45) is -0.168. The van der Waals surface area contributed by atoms with E-state index in [9.17, 15) is 24.0 Å². The Balaban J connectivity index is 1.16. The number of imide groups is 1. The van der Waals surface area contributed by atoms with E-state index in [-0.39, 0.29) is 23.2 Å². The van der Waals surface area contributed by atoms with Crippen molar-refractivity contribution in [2.24, 2.45) is 0 Å². The second kappa shape index (κ2) is 12.5. The molecule has 5 rings (SSSR count). The van der Waals surface area contributed by atoms with Crippen molar-refractivity contribution in [2.45, 2.75) is 12.5 Å². The number of carbonyl (C=O) groups is 5. The number of hydrazine groups is 1. The molecule has 11 heteroatoms. The third-order valence-corrected chi connectivity index (χ3v) is 6.92. The normalized spacial score (nSPS) is 14.5. The lowest BCUT2D eigenvalue weighted by atomic mass is 10.1. The number of hydrogen-bond acceptors (Lipinski definition) is 9. The number of fused-ring (bicyclic) bond motifs is 1. The Kier molecular flexibility index (Phi) is 8.44. The van der Waals surface area contributed by atoms with E-state index < -0.39 is 42.1 Å². The molecule has 1 unspecified atom stereocenters. The quantitative estimate of drug-likeness (QED) is 0.125. The molecule has 0 spiro atoms. The van der Waals surface area contributed by atoms with Gasteiger partial charge in [-0.2, -0.15) is 0 Å². The lowest BCUT2D eigenvalue weighted by Crippen LogP contribution is -2.48. The average molecular weight is 582 g/mol. The van der Waals surface area contributed by atoms with E-state index in [0.717, 1.165) is 15.7 Å². The van der Waals surface area contributed by atoms with Crippen molar-refractivity contribution in [1.82, 2.24) is 10.9 Å². The van der Waals surface area contributed by atoms with E-state index in [1.165, 1.54) is 50.6 Å². The zero-order chi connectivity index (χ0) is 30.5. The van der Waals surface area contributed by atoms with Crippen LogP contribution in [0.25, 0.3) is 10.8 Å². The number of amides is 3. The molecule has 1 fully saturated rings. The van der Waals surface area contributed by atoms with Crippen LogP contribution in [0.1, 0.15) is 37.5 Å². The minimum atomic E-state index is -0.968. The Bertz CT molecular complexity index is 1730. The molecular weight excluding hydrogens is 554 g/mol. The van der Waals surface area contributed by atoms with Gasteiger partial charge in [-0.1, -0.05) is 30.3 Å². The molecule has 1 heterocycles. The smallest absolute Gasteiger partial charge is 0.338 e. The van der Waals surface area contributed by atoms with Crippen LogP contribution < -0.4 is 25.2 Å². The highest BCUT2D eigenvalue weighted by molar-refractivity contribution is 6.22. The number of benzene rings is 4. The molecule has 4 aromatic rings. The predicted molar refractivity (Wildman–Crippen MR) is 156 cm³/mol. The van der Waals surface area contributed by atoms with Crippen LogP contribution in [0.4, 0.5) is 5.69 Å². The summed E-state index contributed by atoms with van der Waals surface area (Å²) in [7, 11) is 2.92. The van der Waals surface area contributed by atoms with Crippen molar-refractivity contribution in [3.8, 4) is 11.5 Å². The fourth-order valence-corrected chi connectivity index (χ4v) is 4.63. The van der Waals surface area contributed by atoms with Crippen molar-refractivity contribution < 1.29 is 38.2 Å². The summed E-state index contributed by atoms with van der Waals surface area (Å²) < 4.78 is 15.5. The number of nitrogens with one attached hydrogen (secondary N) is 2. The summed E-state index contributed by atoms with van der Waals surface area (Å²) in [5.41, 5.74) is 6.22. The van der Waals surface area contributed by atoms with Gasteiger partial charge in [0.1, 0.15) is 6.04 Å². The molecule has 0 bridgehead atoms. The zero-order valence-corrected chi connectivity index (χ0v) is 23.3. The van der Waals surface area contributed by atoms with Gasteiger partial charge < -0.3 is 14.2 Å². The largest absolute Gasteiger partial charge is 0.493 e. The second-order valence-corrected chi connectivity index (χ2v) is 9.60. The molecule has 11 nitrogen and oxygen atoms in total. The Morgan fingerprint density at radius 1 is 0.791 bits per heavy atom. The molecule has 1 aliphatic heterocycles. The molecule has 0 radical (unpaired) electrons. The number of carbonyl (C=O) groups excluding carboxylic acids is 5. The summed E-state index contributed by atoms with van der Waals surface area (Å²) in [4.78, 5) is 64.4. The maximum atomic E-state index is 13.0. The van der Waals surface area contributed by atoms with Crippen LogP contribution in [-0.2, 0) is 14.3 Å². The summed E-state index contributed by atoms with van der Waals surface area (Å²) >= 11 is 0. The molecule has 2 N–H and O–H groups in total. The second-order valence-electron chi connectivity index (χ2n) is 9.60. The topological polar surface area (TPSA) is 140 Å². The Hall–Kier alpha value is -5.55. The van der Waals surface area contributed by atoms with Gasteiger partial charge in [0, 0.05) is 11.1 Å². The van der Waals surface area contributed by atoms with Crippen LogP contribution in [-0.4, -0.2) is 56.3 Å². The van der Waals surface area contributed by atoms with Gasteiger partial charge in [0.05, 0.1) is 31.9 Å². The van der Waals surface area contributed by atoms with Crippen molar-refractivity contribution in [3.63, 3.8) is 0 Å². The van der Waals surface area contributed by atoms with E-state index in [1.54, 1.807) is 18.2 Å². The Labute approximate surface area is 246 Å². The zero-order valence-electron chi connectivity index (χ0n) is 23.3. The Morgan fingerprint density at radius 2 is 1.47 bits per heavy atom. The molecule has 218 valence electrons. The summed E-state index contributed by atoms with van der Waals surface area (Å²) in [6, 6.07) is 22.1. The molecule has 43 heavy (non-hydrogen) atoms. The first-order valence-electron chi connectivity index (χ1n) is 13.2. The van der Waals surface area contributed by atoms with E-state index in [2.05, 4.69) is 10.9 Å². The maximum absolute atomic E-state index is 13.0. The highest BCUT2D eigenvalue weighted by Crippen LogP contribution is 2.28. The standard InChI is InChI=1S/C32H27N3O8/c1-41-27-14-11-22(16-28(27)42-2)26(36)18-43-32(40)20-9-12-24(13-10-20)35-29(37)17-25(31(35)39)33-34-30(38)23-8-7-19-5-3-4-6-21(19)15-23/h3-16,25,33H,17-18H2,1-2H3,(H,34,38). The van der Waals surface area contributed by atoms with Crippen molar-refractivity contribution >= 4 is 45.9 Å². The third kappa shape index (κ3) is 6.21. The van der Waals surface area contributed by atoms with Crippen molar-refractivity contribution in [1.29, 1.82) is 0 Å². The summed E-state index contributed by atoms with van der Waals surface area (Å²) in [5, 5.41) is 1.88. The number of Topliss-reactive ketones (excluding diaryl/α,β-unsaturated/α-hetero) is 1. The number of anilines is 1. The lowest BCUT2D eigenvalue weighted by Gasteiger charge is -2.16. The van der Waals surface area contributed by atoms with E-state index in [1.807, 2.05) is 30.3 Å². The maximum Gasteiger partial charge on any atom is 0.338 e. The number of ketones is 1. The molecular formula is C32H27N3O8. The Morgan fingerprint density at radius 3 is 2.19 bits per heavy atom. The minimum absolute atomic E-state index is 0.125. The first-order valence-corrected chi connectivity index (χ1v) is 13.2. The summed E-state index contributed by atoms with van der Waals surface area (Å²) in [5.74, 6) is -1.85. The van der Waals surface area contributed by atoms with Crippen LogP contribution in [0, 0.1) is 0 Å². The number of rotatable bonds is 10. The fourth-order valence-electron chi connectivity index (χ4n) is 4.63. The van der Waals surface area contributed by atoms with Gasteiger partial charge in [0.25, 0.3) is 11.8 Å². The predicted octanol–water partition coefficient (Wildman–Crippen LogP) is 3.46.